The lowest BCUT2D eigenvalue weighted by molar-refractivity contribution is -0.116. The predicted molar refractivity (Wildman–Crippen MR) is 129 cm³/mol. The second-order valence-electron chi connectivity index (χ2n) is 8.16. The van der Waals surface area contributed by atoms with Crippen LogP contribution in [0, 0.1) is 0 Å². The molecule has 0 bridgehead atoms. The highest BCUT2D eigenvalue weighted by Gasteiger charge is 2.29. The van der Waals surface area contributed by atoms with Crippen molar-refractivity contribution in [1.29, 1.82) is 0 Å². The number of anilines is 1. The second kappa shape index (κ2) is 8.54. The molecule has 0 radical (unpaired) electrons. The van der Waals surface area contributed by atoms with Gasteiger partial charge >= 0.3 is 0 Å². The molecule has 1 unspecified atom stereocenters. The van der Waals surface area contributed by atoms with Crippen LogP contribution < -0.4 is 19.5 Å². The molecule has 1 aromatic heterocycles. The Hall–Kier alpha value is -3.93. The molecule has 0 saturated heterocycles. The molecule has 1 amide bonds. The van der Waals surface area contributed by atoms with Gasteiger partial charge in [-0.15, -0.1) is 0 Å². The van der Waals surface area contributed by atoms with E-state index in [4.69, 9.17) is 14.2 Å². The highest BCUT2D eigenvalue weighted by atomic mass is 16.5. The van der Waals surface area contributed by atoms with Crippen molar-refractivity contribution in [2.45, 2.75) is 18.9 Å². The molecule has 1 atom stereocenters. The van der Waals surface area contributed by atoms with Gasteiger partial charge in [0.25, 0.3) is 0 Å². The van der Waals surface area contributed by atoms with Crippen LogP contribution in [-0.4, -0.2) is 31.8 Å². The summed E-state index contributed by atoms with van der Waals surface area (Å²) in [6, 6.07) is 20.3. The fourth-order valence-corrected chi connectivity index (χ4v) is 4.76. The number of amides is 1. The van der Waals surface area contributed by atoms with Crippen LogP contribution in [0.3, 0.4) is 0 Å². The van der Waals surface area contributed by atoms with Crippen LogP contribution in [0.15, 0.2) is 66.9 Å². The Kier molecular flexibility index (Phi) is 5.42. The van der Waals surface area contributed by atoms with Crippen molar-refractivity contribution in [3.05, 3.63) is 83.6 Å². The van der Waals surface area contributed by atoms with E-state index in [2.05, 4.69) is 46.4 Å². The number of carbonyl (C=O) groups is 1. The zero-order chi connectivity index (χ0) is 22.9. The number of rotatable bonds is 6. The van der Waals surface area contributed by atoms with Crippen LogP contribution in [0.2, 0.25) is 0 Å². The molecule has 4 aromatic rings. The van der Waals surface area contributed by atoms with Gasteiger partial charge in [0.2, 0.25) is 11.7 Å². The molecule has 6 heteroatoms. The van der Waals surface area contributed by atoms with Crippen molar-refractivity contribution in [2.75, 3.05) is 26.6 Å². The molecule has 0 fully saturated rings. The fourth-order valence-electron chi connectivity index (χ4n) is 4.76. The van der Waals surface area contributed by atoms with E-state index in [1.807, 2.05) is 30.3 Å². The molecule has 5 rings (SSSR count). The predicted octanol–water partition coefficient (Wildman–Crippen LogP) is 5.19. The Labute approximate surface area is 192 Å². The first-order chi connectivity index (χ1) is 16.1. The van der Waals surface area contributed by atoms with Crippen molar-refractivity contribution in [3.63, 3.8) is 0 Å². The minimum atomic E-state index is -0.165. The minimum absolute atomic E-state index is 0.0212. The molecular weight excluding hydrogens is 416 g/mol. The van der Waals surface area contributed by atoms with E-state index >= 15 is 0 Å². The Morgan fingerprint density at radius 2 is 1.67 bits per heavy atom. The molecule has 33 heavy (non-hydrogen) atoms. The van der Waals surface area contributed by atoms with Crippen LogP contribution in [0.25, 0.3) is 10.9 Å². The molecule has 168 valence electrons. The van der Waals surface area contributed by atoms with Crippen LogP contribution in [0.1, 0.15) is 29.0 Å². The molecule has 2 heterocycles. The lowest BCUT2D eigenvalue weighted by Gasteiger charge is -2.19. The van der Waals surface area contributed by atoms with Crippen molar-refractivity contribution in [2.24, 2.45) is 0 Å². The number of benzene rings is 3. The van der Waals surface area contributed by atoms with Gasteiger partial charge in [-0.25, -0.2) is 0 Å². The van der Waals surface area contributed by atoms with Crippen molar-refractivity contribution < 1.29 is 19.0 Å². The summed E-state index contributed by atoms with van der Waals surface area (Å²) in [6.45, 7) is 0.747. The standard InChI is InChI=1S/C27H26N2O4/c1-31-23-12-18(13-24(32-2)27(23)33-3)19-14-25(30)28-21-10-7-11-22-26(21)20(19)16-29(22)15-17-8-5-4-6-9-17/h4-13,16,19H,14-15H2,1-3H3,(H,28,30). The number of carbonyl (C=O) groups excluding carboxylic acids is 1. The topological polar surface area (TPSA) is 61.7 Å². The Bertz CT molecular complexity index is 1300. The van der Waals surface area contributed by atoms with Crippen molar-refractivity contribution in [3.8, 4) is 17.2 Å². The van der Waals surface area contributed by atoms with Crippen LogP contribution in [-0.2, 0) is 11.3 Å². The molecule has 0 spiro atoms. The maximum absolute atomic E-state index is 12.9. The van der Waals surface area contributed by atoms with E-state index in [1.54, 1.807) is 21.3 Å². The minimum Gasteiger partial charge on any atom is -0.493 e. The van der Waals surface area contributed by atoms with E-state index in [9.17, 15) is 4.79 Å². The van der Waals surface area contributed by atoms with Gasteiger partial charge in [0.05, 0.1) is 32.5 Å². The largest absolute Gasteiger partial charge is 0.493 e. The van der Waals surface area contributed by atoms with Crippen LogP contribution in [0.4, 0.5) is 5.69 Å². The number of hydrogen-bond donors (Lipinski definition) is 1. The molecule has 1 aliphatic rings. The summed E-state index contributed by atoms with van der Waals surface area (Å²) in [5.41, 5.74) is 5.19. The third kappa shape index (κ3) is 3.67. The third-order valence-corrected chi connectivity index (χ3v) is 6.26. The summed E-state index contributed by atoms with van der Waals surface area (Å²) < 4.78 is 18.9. The maximum atomic E-state index is 12.9. The van der Waals surface area contributed by atoms with Gasteiger partial charge in [-0.2, -0.15) is 0 Å². The first-order valence-corrected chi connectivity index (χ1v) is 10.9. The lowest BCUT2D eigenvalue weighted by atomic mass is 9.88. The molecule has 3 aromatic carbocycles. The van der Waals surface area contributed by atoms with Gasteiger partial charge in [0.1, 0.15) is 0 Å². The highest BCUT2D eigenvalue weighted by molar-refractivity contribution is 6.06. The van der Waals surface area contributed by atoms with Crippen molar-refractivity contribution >= 4 is 22.5 Å². The fraction of sp³-hybridized carbons (Fsp3) is 0.222. The van der Waals surface area contributed by atoms with E-state index < -0.39 is 0 Å². The zero-order valence-electron chi connectivity index (χ0n) is 18.9. The van der Waals surface area contributed by atoms with Gasteiger partial charge in [-0.1, -0.05) is 36.4 Å². The summed E-state index contributed by atoms with van der Waals surface area (Å²) in [4.78, 5) is 12.9. The monoisotopic (exact) mass is 442 g/mol. The number of methoxy groups -OCH3 is 3. The van der Waals surface area contributed by atoms with E-state index in [0.717, 1.165) is 34.3 Å². The summed E-state index contributed by atoms with van der Waals surface area (Å²) in [7, 11) is 4.79. The van der Waals surface area contributed by atoms with Gasteiger partial charge in [0.15, 0.2) is 11.5 Å². The number of hydrogen-bond acceptors (Lipinski definition) is 4. The Balaban J connectivity index is 1.70. The summed E-state index contributed by atoms with van der Waals surface area (Å²) in [5, 5.41) is 4.17. The third-order valence-electron chi connectivity index (χ3n) is 6.26. The first-order valence-electron chi connectivity index (χ1n) is 10.9. The number of aromatic nitrogens is 1. The molecule has 1 N–H and O–H groups in total. The van der Waals surface area contributed by atoms with E-state index in [1.165, 1.54) is 5.56 Å². The second-order valence-corrected chi connectivity index (χ2v) is 8.16. The quantitative estimate of drug-likeness (QED) is 0.446. The van der Waals surface area contributed by atoms with Crippen LogP contribution in [0.5, 0.6) is 17.2 Å². The first kappa shape index (κ1) is 20.9. The van der Waals surface area contributed by atoms with E-state index in [0.29, 0.717) is 23.7 Å². The molecular formula is C27H26N2O4. The normalized spacial score (nSPS) is 15.1. The molecule has 0 aliphatic carbocycles. The zero-order valence-corrected chi connectivity index (χ0v) is 18.9. The molecule has 6 nitrogen and oxygen atoms in total. The Morgan fingerprint density at radius 1 is 0.939 bits per heavy atom. The van der Waals surface area contributed by atoms with Crippen molar-refractivity contribution in [1.82, 2.24) is 4.57 Å². The molecule has 1 aliphatic heterocycles. The van der Waals surface area contributed by atoms with Gasteiger partial charge in [-0.3, -0.25) is 4.79 Å². The molecule has 0 saturated carbocycles. The van der Waals surface area contributed by atoms with E-state index in [-0.39, 0.29) is 11.8 Å². The van der Waals surface area contributed by atoms with Gasteiger partial charge < -0.3 is 24.1 Å². The SMILES string of the molecule is COc1cc(C2CC(=O)Nc3cccc4c3c2cn4Cc2ccccc2)cc(OC)c1OC. The summed E-state index contributed by atoms with van der Waals surface area (Å²) >= 11 is 0. The lowest BCUT2D eigenvalue weighted by Crippen LogP contribution is -2.14. The number of ether oxygens (including phenoxy) is 3. The van der Waals surface area contributed by atoms with Gasteiger partial charge in [0, 0.05) is 30.5 Å². The van der Waals surface area contributed by atoms with Gasteiger partial charge in [-0.05, 0) is 41.0 Å². The Morgan fingerprint density at radius 3 is 2.33 bits per heavy atom. The average molecular weight is 443 g/mol. The summed E-state index contributed by atoms with van der Waals surface area (Å²) in [6.07, 6.45) is 2.49. The number of nitrogens with zero attached hydrogens (tertiary/aromatic N) is 1. The van der Waals surface area contributed by atoms with Crippen LogP contribution >= 0.6 is 0 Å². The average Bonchev–Trinajstić information content (AvgIpc) is 3.13. The summed E-state index contributed by atoms with van der Waals surface area (Å²) in [5.74, 6) is 1.50. The maximum Gasteiger partial charge on any atom is 0.225 e. The number of nitrogens with one attached hydrogen (secondary N) is 1. The highest BCUT2D eigenvalue weighted by Crippen LogP contribution is 2.45. The smallest absolute Gasteiger partial charge is 0.225 e.